The van der Waals surface area contributed by atoms with E-state index in [1.807, 2.05) is 44.3 Å². The minimum Gasteiger partial charge on any atom is -0.480 e. The van der Waals surface area contributed by atoms with Crippen molar-refractivity contribution < 1.29 is 9.90 Å². The summed E-state index contributed by atoms with van der Waals surface area (Å²) in [7, 11) is 0. The molecule has 0 amide bonds. The molecular formula is C15H18N2O2. The van der Waals surface area contributed by atoms with Crippen LogP contribution in [-0.4, -0.2) is 22.1 Å². The lowest BCUT2D eigenvalue weighted by Gasteiger charge is -2.18. The molecule has 0 aliphatic carbocycles. The maximum absolute atomic E-state index is 11.1. The Kier molecular flexibility index (Phi) is 4.12. The first-order valence-corrected chi connectivity index (χ1v) is 6.37. The third kappa shape index (κ3) is 3.09. The normalized spacial score (nSPS) is 12.8. The molecule has 0 saturated carbocycles. The molecule has 0 fully saturated rings. The summed E-state index contributed by atoms with van der Waals surface area (Å²) in [6.07, 6.45) is 3.60. The van der Waals surface area contributed by atoms with Crippen LogP contribution in [0.25, 0.3) is 10.8 Å². The Morgan fingerprint density at radius 2 is 2.05 bits per heavy atom. The van der Waals surface area contributed by atoms with E-state index >= 15 is 0 Å². The van der Waals surface area contributed by atoms with Crippen LogP contribution in [0.4, 0.5) is 0 Å². The van der Waals surface area contributed by atoms with E-state index in [4.69, 9.17) is 5.11 Å². The molecule has 4 heteroatoms. The number of benzene rings is 1. The number of aromatic nitrogens is 1. The number of hydrogen-bond donors (Lipinski definition) is 2. The lowest BCUT2D eigenvalue weighted by Crippen LogP contribution is -2.40. The summed E-state index contributed by atoms with van der Waals surface area (Å²) >= 11 is 0. The lowest BCUT2D eigenvalue weighted by molar-refractivity contribution is -0.140. The van der Waals surface area contributed by atoms with Crippen molar-refractivity contribution in [2.24, 2.45) is 5.92 Å². The Morgan fingerprint density at radius 1 is 1.32 bits per heavy atom. The highest BCUT2D eigenvalue weighted by molar-refractivity contribution is 5.84. The zero-order chi connectivity index (χ0) is 13.8. The summed E-state index contributed by atoms with van der Waals surface area (Å²) in [5.41, 5.74) is 1.02. The Labute approximate surface area is 112 Å². The minimum absolute atomic E-state index is 0.0421. The number of pyridine rings is 1. The van der Waals surface area contributed by atoms with E-state index in [1.165, 1.54) is 0 Å². The van der Waals surface area contributed by atoms with Gasteiger partial charge in [-0.05, 0) is 16.9 Å². The van der Waals surface area contributed by atoms with Gasteiger partial charge in [-0.15, -0.1) is 0 Å². The molecule has 1 unspecified atom stereocenters. The van der Waals surface area contributed by atoms with Gasteiger partial charge in [-0.1, -0.05) is 38.1 Å². The van der Waals surface area contributed by atoms with Gasteiger partial charge in [0.1, 0.15) is 6.04 Å². The molecule has 100 valence electrons. The number of nitrogens with one attached hydrogen (secondary N) is 1. The molecule has 2 N–H and O–H groups in total. The minimum atomic E-state index is -0.816. The van der Waals surface area contributed by atoms with Crippen molar-refractivity contribution in [3.8, 4) is 0 Å². The first-order valence-electron chi connectivity index (χ1n) is 6.37. The summed E-state index contributed by atoms with van der Waals surface area (Å²) in [4.78, 5) is 15.3. The van der Waals surface area contributed by atoms with Crippen molar-refractivity contribution in [1.82, 2.24) is 10.3 Å². The fraction of sp³-hybridized carbons (Fsp3) is 0.333. The van der Waals surface area contributed by atoms with E-state index in [0.717, 1.165) is 16.3 Å². The average molecular weight is 258 g/mol. The maximum Gasteiger partial charge on any atom is 0.320 e. The molecular weight excluding hydrogens is 240 g/mol. The highest BCUT2D eigenvalue weighted by Gasteiger charge is 2.20. The molecule has 0 aliphatic heterocycles. The number of aliphatic carboxylic acids is 1. The number of hydrogen-bond acceptors (Lipinski definition) is 3. The van der Waals surface area contributed by atoms with Gasteiger partial charge in [0.2, 0.25) is 0 Å². The second-order valence-electron chi connectivity index (χ2n) is 4.96. The number of fused-ring (bicyclic) bond motifs is 1. The van der Waals surface area contributed by atoms with E-state index in [-0.39, 0.29) is 5.92 Å². The van der Waals surface area contributed by atoms with Crippen LogP contribution in [0.3, 0.4) is 0 Å². The lowest BCUT2D eigenvalue weighted by atomic mass is 10.0. The van der Waals surface area contributed by atoms with Gasteiger partial charge >= 0.3 is 5.97 Å². The van der Waals surface area contributed by atoms with E-state index in [2.05, 4.69) is 10.3 Å². The molecule has 19 heavy (non-hydrogen) atoms. The van der Waals surface area contributed by atoms with Crippen LogP contribution < -0.4 is 5.32 Å². The van der Waals surface area contributed by atoms with Crippen LogP contribution in [0.15, 0.2) is 36.7 Å². The van der Waals surface area contributed by atoms with Gasteiger partial charge in [0, 0.05) is 24.3 Å². The third-order valence-corrected chi connectivity index (χ3v) is 3.20. The number of nitrogens with zero attached hydrogens (tertiary/aromatic N) is 1. The standard InChI is InChI=1S/C15H18N2O2/c1-10(2)14(15(18)19)17-9-12-8-16-7-11-5-3-4-6-13(11)12/h3-8,10,14,17H,9H2,1-2H3,(H,18,19). The van der Waals surface area contributed by atoms with Gasteiger partial charge in [0.05, 0.1) is 0 Å². The SMILES string of the molecule is CC(C)C(NCc1cncc2ccccc12)C(=O)O. The molecule has 0 bridgehead atoms. The first kappa shape index (κ1) is 13.5. The van der Waals surface area contributed by atoms with Crippen molar-refractivity contribution in [1.29, 1.82) is 0 Å². The quantitative estimate of drug-likeness (QED) is 0.864. The van der Waals surface area contributed by atoms with Crippen molar-refractivity contribution in [3.63, 3.8) is 0 Å². The third-order valence-electron chi connectivity index (χ3n) is 3.20. The Balaban J connectivity index is 2.20. The molecule has 0 radical (unpaired) electrons. The van der Waals surface area contributed by atoms with E-state index in [9.17, 15) is 4.79 Å². The number of carboxylic acids is 1. The highest BCUT2D eigenvalue weighted by Crippen LogP contribution is 2.17. The number of carbonyl (C=O) groups is 1. The summed E-state index contributed by atoms with van der Waals surface area (Å²) < 4.78 is 0. The zero-order valence-corrected chi connectivity index (χ0v) is 11.1. The van der Waals surface area contributed by atoms with Gasteiger partial charge in [0.25, 0.3) is 0 Å². The van der Waals surface area contributed by atoms with Crippen LogP contribution in [0.5, 0.6) is 0 Å². The summed E-state index contributed by atoms with van der Waals surface area (Å²) in [5.74, 6) is -0.774. The van der Waals surface area contributed by atoms with Gasteiger partial charge in [-0.2, -0.15) is 0 Å². The van der Waals surface area contributed by atoms with Crippen LogP contribution >= 0.6 is 0 Å². The van der Waals surface area contributed by atoms with Crippen molar-refractivity contribution >= 4 is 16.7 Å². The number of rotatable bonds is 5. The molecule has 1 aromatic carbocycles. The average Bonchev–Trinajstić information content (AvgIpc) is 2.38. The van der Waals surface area contributed by atoms with Gasteiger partial charge in [0.15, 0.2) is 0 Å². The summed E-state index contributed by atoms with van der Waals surface area (Å²) in [5, 5.41) is 14.4. The van der Waals surface area contributed by atoms with Crippen molar-refractivity contribution in [2.45, 2.75) is 26.4 Å². The zero-order valence-electron chi connectivity index (χ0n) is 11.1. The largest absolute Gasteiger partial charge is 0.480 e. The monoisotopic (exact) mass is 258 g/mol. The molecule has 0 spiro atoms. The summed E-state index contributed by atoms with van der Waals surface area (Å²) in [6.45, 7) is 4.30. The number of carboxylic acid groups (broad SMARTS) is 1. The molecule has 2 rings (SSSR count). The van der Waals surface area contributed by atoms with Crippen molar-refractivity contribution in [2.75, 3.05) is 0 Å². The van der Waals surface area contributed by atoms with Crippen LogP contribution in [0.1, 0.15) is 19.4 Å². The van der Waals surface area contributed by atoms with E-state index in [0.29, 0.717) is 6.54 Å². The molecule has 0 saturated heterocycles. The predicted octanol–water partition coefficient (Wildman–Crippen LogP) is 2.43. The topological polar surface area (TPSA) is 62.2 Å². The second-order valence-corrected chi connectivity index (χ2v) is 4.96. The van der Waals surface area contributed by atoms with Crippen molar-refractivity contribution in [3.05, 3.63) is 42.2 Å². The Bertz CT molecular complexity index is 576. The van der Waals surface area contributed by atoms with Crippen LogP contribution in [-0.2, 0) is 11.3 Å². The maximum atomic E-state index is 11.1. The molecule has 1 atom stereocenters. The second kappa shape index (κ2) is 5.80. The van der Waals surface area contributed by atoms with Gasteiger partial charge in [-0.3, -0.25) is 9.78 Å². The molecule has 1 heterocycles. The summed E-state index contributed by atoms with van der Waals surface area (Å²) in [6, 6.07) is 7.43. The first-order chi connectivity index (χ1) is 9.09. The fourth-order valence-corrected chi connectivity index (χ4v) is 2.15. The van der Waals surface area contributed by atoms with Gasteiger partial charge in [-0.25, -0.2) is 0 Å². The molecule has 2 aromatic rings. The Hall–Kier alpha value is -1.94. The predicted molar refractivity (Wildman–Crippen MR) is 74.8 cm³/mol. The molecule has 0 aliphatic rings. The molecule has 4 nitrogen and oxygen atoms in total. The smallest absolute Gasteiger partial charge is 0.320 e. The Morgan fingerprint density at radius 3 is 2.74 bits per heavy atom. The molecule has 1 aromatic heterocycles. The van der Waals surface area contributed by atoms with Gasteiger partial charge < -0.3 is 10.4 Å². The van der Waals surface area contributed by atoms with Crippen LogP contribution in [0, 0.1) is 5.92 Å². The fourth-order valence-electron chi connectivity index (χ4n) is 2.15. The van der Waals surface area contributed by atoms with Crippen LogP contribution in [0.2, 0.25) is 0 Å². The van der Waals surface area contributed by atoms with E-state index in [1.54, 1.807) is 6.20 Å². The highest BCUT2D eigenvalue weighted by atomic mass is 16.4. The van der Waals surface area contributed by atoms with E-state index < -0.39 is 12.0 Å².